The molecule has 0 amide bonds. The van der Waals surface area contributed by atoms with Crippen molar-refractivity contribution in [1.82, 2.24) is 10.6 Å². The first-order valence-electron chi connectivity index (χ1n) is 8.93. The van der Waals surface area contributed by atoms with Crippen molar-refractivity contribution in [3.8, 4) is 5.75 Å². The van der Waals surface area contributed by atoms with Gasteiger partial charge in [0.2, 0.25) is 0 Å². The quantitative estimate of drug-likeness (QED) is 0.280. The molecule has 1 atom stereocenters. The van der Waals surface area contributed by atoms with Gasteiger partial charge in [-0.05, 0) is 59.7 Å². The minimum absolute atomic E-state index is 0. The maximum atomic E-state index is 5.96. The van der Waals surface area contributed by atoms with Crippen molar-refractivity contribution in [1.29, 1.82) is 0 Å². The Bertz CT molecular complexity index is 567. The Labute approximate surface area is 182 Å². The second kappa shape index (κ2) is 12.0. The number of hydrogen-bond donors (Lipinski definition) is 2. The molecule has 0 bridgehead atoms. The molecule has 1 aromatic carbocycles. The van der Waals surface area contributed by atoms with E-state index >= 15 is 0 Å². The Morgan fingerprint density at radius 1 is 1.31 bits per heavy atom. The van der Waals surface area contributed by atoms with E-state index in [2.05, 4.69) is 31.6 Å². The number of para-hydroxylation sites is 1. The van der Waals surface area contributed by atoms with E-state index in [1.165, 1.54) is 19.3 Å². The fourth-order valence-electron chi connectivity index (χ4n) is 3.04. The van der Waals surface area contributed by atoms with E-state index in [1.807, 2.05) is 31.2 Å². The molecule has 1 aromatic rings. The van der Waals surface area contributed by atoms with E-state index < -0.39 is 0 Å². The first-order chi connectivity index (χ1) is 12.1. The fourth-order valence-corrected chi connectivity index (χ4v) is 3.42. The number of halogens is 2. The van der Waals surface area contributed by atoms with Crippen molar-refractivity contribution in [2.75, 3.05) is 33.9 Å². The first-order valence-corrected chi connectivity index (χ1v) is 9.72. The number of aliphatic imine (C=N–C) groups is 1. The van der Waals surface area contributed by atoms with Crippen molar-refractivity contribution < 1.29 is 9.47 Å². The lowest BCUT2D eigenvalue weighted by Crippen LogP contribution is -2.48. The predicted molar refractivity (Wildman–Crippen MR) is 122 cm³/mol. The van der Waals surface area contributed by atoms with E-state index in [1.54, 1.807) is 14.2 Å². The zero-order chi connectivity index (χ0) is 18.1. The van der Waals surface area contributed by atoms with Crippen LogP contribution >= 0.6 is 39.9 Å². The Kier molecular flexibility index (Phi) is 10.9. The third-order valence-electron chi connectivity index (χ3n) is 4.83. The highest BCUT2D eigenvalue weighted by Gasteiger charge is 2.36. The zero-order valence-electron chi connectivity index (χ0n) is 15.9. The summed E-state index contributed by atoms with van der Waals surface area (Å²) in [5.74, 6) is 1.68. The Balaban J connectivity index is 0.00000338. The van der Waals surface area contributed by atoms with Crippen LogP contribution in [0.3, 0.4) is 0 Å². The summed E-state index contributed by atoms with van der Waals surface area (Å²) in [4.78, 5) is 4.32. The van der Waals surface area contributed by atoms with Gasteiger partial charge in [0.05, 0.1) is 11.0 Å². The lowest BCUT2D eigenvalue weighted by atomic mass is 9.67. The molecule has 1 saturated carbocycles. The second-order valence-corrected chi connectivity index (χ2v) is 7.62. The van der Waals surface area contributed by atoms with Crippen LogP contribution in [-0.2, 0) is 4.74 Å². The molecule has 0 aliphatic heterocycles. The molecule has 0 aromatic heterocycles. The number of nitrogens with zero attached hydrogens (tertiary/aromatic N) is 1. The molecule has 1 fully saturated rings. The summed E-state index contributed by atoms with van der Waals surface area (Å²) in [7, 11) is 3.57. The molecular weight excluding hydrogens is 509 g/mol. The third-order valence-corrected chi connectivity index (χ3v) is 5.48. The van der Waals surface area contributed by atoms with Crippen molar-refractivity contribution in [3.63, 3.8) is 0 Å². The standard InChI is InChI=1S/C19H30BrN3O2.HI/c1-15(25-17-8-5-4-7-16(17)20)13-22-18(21-2)23-14-19(9-6-10-19)11-12-24-3;/h4-5,7-8,15H,6,9-14H2,1-3H3,(H2,21,22,23);1H. The Morgan fingerprint density at radius 3 is 2.62 bits per heavy atom. The Hall–Kier alpha value is -0.540. The molecule has 2 rings (SSSR count). The van der Waals surface area contributed by atoms with E-state index in [4.69, 9.17) is 9.47 Å². The zero-order valence-corrected chi connectivity index (χ0v) is 19.8. The van der Waals surface area contributed by atoms with Gasteiger partial charge in [-0.15, -0.1) is 24.0 Å². The van der Waals surface area contributed by atoms with Crippen LogP contribution in [0.4, 0.5) is 0 Å². The maximum absolute atomic E-state index is 5.96. The topological polar surface area (TPSA) is 54.9 Å². The monoisotopic (exact) mass is 539 g/mol. The van der Waals surface area contributed by atoms with Crippen LogP contribution in [0.15, 0.2) is 33.7 Å². The first kappa shape index (κ1) is 23.5. The van der Waals surface area contributed by atoms with Crippen LogP contribution in [-0.4, -0.2) is 45.9 Å². The molecule has 0 heterocycles. The number of benzene rings is 1. The van der Waals surface area contributed by atoms with Gasteiger partial charge in [-0.25, -0.2) is 0 Å². The molecule has 1 aliphatic rings. The molecule has 148 valence electrons. The summed E-state index contributed by atoms with van der Waals surface area (Å²) in [5.41, 5.74) is 0.366. The smallest absolute Gasteiger partial charge is 0.191 e. The number of methoxy groups -OCH3 is 1. The van der Waals surface area contributed by atoms with E-state index in [9.17, 15) is 0 Å². The molecule has 0 spiro atoms. The number of nitrogens with one attached hydrogen (secondary N) is 2. The van der Waals surface area contributed by atoms with Gasteiger partial charge in [0.1, 0.15) is 11.9 Å². The molecule has 1 aliphatic carbocycles. The molecule has 7 heteroatoms. The maximum Gasteiger partial charge on any atom is 0.191 e. The minimum atomic E-state index is 0. The van der Waals surface area contributed by atoms with Gasteiger partial charge in [0.15, 0.2) is 5.96 Å². The highest BCUT2D eigenvalue weighted by Crippen LogP contribution is 2.43. The molecule has 0 saturated heterocycles. The minimum Gasteiger partial charge on any atom is -0.488 e. The summed E-state index contributed by atoms with van der Waals surface area (Å²) < 4.78 is 12.2. The largest absolute Gasteiger partial charge is 0.488 e. The number of hydrogen-bond acceptors (Lipinski definition) is 3. The molecule has 26 heavy (non-hydrogen) atoms. The molecule has 5 nitrogen and oxygen atoms in total. The molecule has 0 radical (unpaired) electrons. The van der Waals surface area contributed by atoms with Crippen LogP contribution in [0.2, 0.25) is 0 Å². The normalized spacial score (nSPS) is 16.8. The van der Waals surface area contributed by atoms with Crippen molar-refractivity contribution in [3.05, 3.63) is 28.7 Å². The van der Waals surface area contributed by atoms with Crippen LogP contribution in [0.1, 0.15) is 32.6 Å². The number of guanidine groups is 1. The summed E-state index contributed by atoms with van der Waals surface area (Å²) in [6, 6.07) is 7.89. The van der Waals surface area contributed by atoms with Crippen LogP contribution in [0.25, 0.3) is 0 Å². The fraction of sp³-hybridized carbons (Fsp3) is 0.632. The van der Waals surface area contributed by atoms with Crippen LogP contribution in [0.5, 0.6) is 5.75 Å². The molecular formula is C19H31BrIN3O2. The van der Waals surface area contributed by atoms with Crippen LogP contribution < -0.4 is 15.4 Å². The summed E-state index contributed by atoms with van der Waals surface area (Å²) in [6.45, 7) is 4.50. The SMILES string of the molecule is CN=C(NCC(C)Oc1ccccc1Br)NCC1(CCOC)CCC1.I. The van der Waals surface area contributed by atoms with Crippen LogP contribution in [0, 0.1) is 5.41 Å². The highest BCUT2D eigenvalue weighted by atomic mass is 127. The van der Waals surface area contributed by atoms with Gasteiger partial charge in [-0.1, -0.05) is 18.6 Å². The van der Waals surface area contributed by atoms with Crippen molar-refractivity contribution >= 4 is 45.9 Å². The third kappa shape index (κ3) is 7.23. The Morgan fingerprint density at radius 2 is 2.04 bits per heavy atom. The summed E-state index contributed by atoms with van der Waals surface area (Å²) >= 11 is 3.51. The number of ether oxygens (including phenoxy) is 2. The van der Waals surface area contributed by atoms with Gasteiger partial charge in [-0.2, -0.15) is 0 Å². The summed E-state index contributed by atoms with van der Waals surface area (Å²) in [6.07, 6.45) is 4.98. The van der Waals surface area contributed by atoms with E-state index in [-0.39, 0.29) is 30.1 Å². The van der Waals surface area contributed by atoms with Crippen molar-refractivity contribution in [2.24, 2.45) is 10.4 Å². The molecule has 2 N–H and O–H groups in total. The lowest BCUT2D eigenvalue weighted by molar-refractivity contribution is 0.0732. The van der Waals surface area contributed by atoms with Gasteiger partial charge in [0, 0.05) is 27.3 Å². The van der Waals surface area contributed by atoms with E-state index in [0.717, 1.165) is 35.8 Å². The van der Waals surface area contributed by atoms with Gasteiger partial charge in [-0.3, -0.25) is 4.99 Å². The van der Waals surface area contributed by atoms with Crippen molar-refractivity contribution in [2.45, 2.75) is 38.7 Å². The summed E-state index contributed by atoms with van der Waals surface area (Å²) in [5, 5.41) is 6.82. The second-order valence-electron chi connectivity index (χ2n) is 6.76. The van der Waals surface area contributed by atoms with Gasteiger partial charge < -0.3 is 20.1 Å². The van der Waals surface area contributed by atoms with E-state index in [0.29, 0.717) is 12.0 Å². The lowest BCUT2D eigenvalue weighted by Gasteiger charge is -2.42. The molecule has 1 unspecified atom stereocenters. The average Bonchev–Trinajstić information content (AvgIpc) is 2.58. The number of rotatable bonds is 9. The highest BCUT2D eigenvalue weighted by molar-refractivity contribution is 14.0. The van der Waals surface area contributed by atoms with Gasteiger partial charge in [0.25, 0.3) is 0 Å². The van der Waals surface area contributed by atoms with Gasteiger partial charge >= 0.3 is 0 Å². The average molecular weight is 540 g/mol. The predicted octanol–water partition coefficient (Wildman–Crippen LogP) is 4.21.